The van der Waals surface area contributed by atoms with E-state index in [0.29, 0.717) is 17.4 Å². The molecule has 0 aromatic carbocycles. The molecule has 2 unspecified atom stereocenters. The van der Waals surface area contributed by atoms with Gasteiger partial charge < -0.3 is 15.2 Å². The zero-order valence-electron chi connectivity index (χ0n) is 10.7. The molecule has 0 saturated carbocycles. The highest BCUT2D eigenvalue weighted by atomic mass is 35.5. The summed E-state index contributed by atoms with van der Waals surface area (Å²) in [6, 6.07) is 1.80. The van der Waals surface area contributed by atoms with Crippen molar-refractivity contribution in [2.75, 3.05) is 0 Å². The molecule has 1 aliphatic heterocycles. The van der Waals surface area contributed by atoms with Crippen molar-refractivity contribution in [1.29, 1.82) is 0 Å². The second-order valence-electron chi connectivity index (χ2n) is 4.80. The Hall–Kier alpha value is -0.840. The van der Waals surface area contributed by atoms with Crippen molar-refractivity contribution in [3.63, 3.8) is 0 Å². The summed E-state index contributed by atoms with van der Waals surface area (Å²) in [6.45, 7) is 4.54. The van der Waals surface area contributed by atoms with Crippen LogP contribution >= 0.6 is 11.6 Å². The van der Waals surface area contributed by atoms with Crippen LogP contribution in [0.4, 0.5) is 0 Å². The molecular formula is C13H19ClN2O2. The second kappa shape index (κ2) is 5.87. The lowest BCUT2D eigenvalue weighted by atomic mass is 10.0. The van der Waals surface area contributed by atoms with Gasteiger partial charge in [-0.25, -0.2) is 4.98 Å². The Balaban J connectivity index is 2.04. The number of hydrogen-bond donors (Lipinski definition) is 1. The Labute approximate surface area is 112 Å². The molecule has 0 amide bonds. The van der Waals surface area contributed by atoms with Gasteiger partial charge >= 0.3 is 0 Å². The number of nitrogens with two attached hydrogens (primary N) is 1. The number of ether oxygens (including phenoxy) is 2. The summed E-state index contributed by atoms with van der Waals surface area (Å²) in [6.07, 6.45) is 3.95. The SMILES string of the molecule is CC1CC(Oc2ncc(CN)cc2Cl)CC(C)O1. The number of hydrogen-bond acceptors (Lipinski definition) is 4. The fourth-order valence-electron chi connectivity index (χ4n) is 2.26. The monoisotopic (exact) mass is 270 g/mol. The summed E-state index contributed by atoms with van der Waals surface area (Å²) in [4.78, 5) is 4.22. The number of pyridine rings is 1. The maximum Gasteiger partial charge on any atom is 0.232 e. The Morgan fingerprint density at radius 1 is 1.44 bits per heavy atom. The summed E-state index contributed by atoms with van der Waals surface area (Å²) in [5, 5.41) is 0.518. The molecule has 2 N–H and O–H groups in total. The molecule has 18 heavy (non-hydrogen) atoms. The van der Waals surface area contributed by atoms with Crippen LogP contribution in [0.25, 0.3) is 0 Å². The van der Waals surface area contributed by atoms with Crippen molar-refractivity contribution in [3.8, 4) is 5.88 Å². The Kier molecular flexibility index (Phi) is 4.43. The van der Waals surface area contributed by atoms with Gasteiger partial charge in [-0.05, 0) is 25.5 Å². The minimum Gasteiger partial charge on any atom is -0.473 e. The van der Waals surface area contributed by atoms with Gasteiger partial charge in [0.15, 0.2) is 0 Å². The highest BCUT2D eigenvalue weighted by Gasteiger charge is 2.26. The molecule has 2 heterocycles. The first-order chi connectivity index (χ1) is 8.58. The van der Waals surface area contributed by atoms with Gasteiger partial charge in [-0.2, -0.15) is 0 Å². The minimum atomic E-state index is 0.109. The van der Waals surface area contributed by atoms with Crippen LogP contribution in [0.15, 0.2) is 12.3 Å². The largest absolute Gasteiger partial charge is 0.473 e. The van der Waals surface area contributed by atoms with Crippen LogP contribution in [0.3, 0.4) is 0 Å². The maximum atomic E-state index is 6.13. The third-order valence-corrected chi connectivity index (χ3v) is 3.30. The van der Waals surface area contributed by atoms with Gasteiger partial charge in [-0.3, -0.25) is 0 Å². The lowest BCUT2D eigenvalue weighted by molar-refractivity contribution is -0.0729. The summed E-state index contributed by atoms with van der Waals surface area (Å²) in [5.74, 6) is 0.486. The number of halogens is 1. The van der Waals surface area contributed by atoms with E-state index in [-0.39, 0.29) is 18.3 Å². The number of aromatic nitrogens is 1. The normalized spacial score (nSPS) is 28.1. The lowest BCUT2D eigenvalue weighted by Gasteiger charge is -2.32. The fourth-order valence-corrected chi connectivity index (χ4v) is 2.50. The molecule has 4 nitrogen and oxygen atoms in total. The molecule has 0 bridgehead atoms. The molecule has 2 rings (SSSR count). The van der Waals surface area contributed by atoms with E-state index in [1.807, 2.05) is 0 Å². The van der Waals surface area contributed by atoms with Crippen LogP contribution in [0.2, 0.25) is 5.02 Å². The molecule has 5 heteroatoms. The highest BCUT2D eigenvalue weighted by molar-refractivity contribution is 6.31. The molecule has 1 aliphatic rings. The molecule has 1 saturated heterocycles. The van der Waals surface area contributed by atoms with Gasteiger partial charge in [-0.1, -0.05) is 11.6 Å². The van der Waals surface area contributed by atoms with E-state index in [2.05, 4.69) is 18.8 Å². The van der Waals surface area contributed by atoms with Crippen LogP contribution < -0.4 is 10.5 Å². The zero-order chi connectivity index (χ0) is 13.1. The zero-order valence-corrected chi connectivity index (χ0v) is 11.5. The minimum absolute atomic E-state index is 0.109. The van der Waals surface area contributed by atoms with Crippen LogP contribution in [0.1, 0.15) is 32.3 Å². The Bertz CT molecular complexity index is 404. The highest BCUT2D eigenvalue weighted by Crippen LogP contribution is 2.28. The summed E-state index contributed by atoms with van der Waals surface area (Å²) >= 11 is 6.13. The third-order valence-electron chi connectivity index (χ3n) is 3.03. The molecule has 2 atom stereocenters. The average molecular weight is 271 g/mol. The molecule has 0 aliphatic carbocycles. The van der Waals surface area contributed by atoms with E-state index >= 15 is 0 Å². The first-order valence-electron chi connectivity index (χ1n) is 6.25. The summed E-state index contributed by atoms with van der Waals surface area (Å²) in [5.41, 5.74) is 6.44. The van der Waals surface area contributed by atoms with E-state index in [1.165, 1.54) is 0 Å². The van der Waals surface area contributed by atoms with Gasteiger partial charge in [-0.15, -0.1) is 0 Å². The number of nitrogens with zero attached hydrogens (tertiary/aromatic N) is 1. The molecular weight excluding hydrogens is 252 g/mol. The van der Waals surface area contributed by atoms with Gasteiger partial charge in [0, 0.05) is 25.6 Å². The lowest BCUT2D eigenvalue weighted by Crippen LogP contribution is -2.35. The quantitative estimate of drug-likeness (QED) is 0.917. The summed E-state index contributed by atoms with van der Waals surface area (Å²) in [7, 11) is 0. The van der Waals surface area contributed by atoms with E-state index in [9.17, 15) is 0 Å². The third kappa shape index (κ3) is 3.34. The second-order valence-corrected chi connectivity index (χ2v) is 5.21. The standard InChI is InChI=1S/C13H19ClN2O2/c1-8-3-11(4-9(2)17-8)18-13-12(14)5-10(6-15)7-16-13/h5,7-9,11H,3-4,6,15H2,1-2H3. The fraction of sp³-hybridized carbons (Fsp3) is 0.615. The topological polar surface area (TPSA) is 57.4 Å². The average Bonchev–Trinajstić information content (AvgIpc) is 2.30. The van der Waals surface area contributed by atoms with E-state index in [1.54, 1.807) is 12.3 Å². The predicted molar refractivity (Wildman–Crippen MR) is 70.8 cm³/mol. The predicted octanol–water partition coefficient (Wildman–Crippen LogP) is 2.53. The molecule has 1 fully saturated rings. The van der Waals surface area contributed by atoms with Crippen molar-refractivity contribution in [2.24, 2.45) is 5.73 Å². The van der Waals surface area contributed by atoms with Gasteiger partial charge in [0.2, 0.25) is 5.88 Å². The van der Waals surface area contributed by atoms with Gasteiger partial charge in [0.25, 0.3) is 0 Å². The van der Waals surface area contributed by atoms with Crippen molar-refractivity contribution < 1.29 is 9.47 Å². The summed E-state index contributed by atoms with van der Waals surface area (Å²) < 4.78 is 11.5. The molecule has 1 aromatic heterocycles. The van der Waals surface area contributed by atoms with E-state index in [4.69, 9.17) is 26.8 Å². The molecule has 0 radical (unpaired) electrons. The van der Waals surface area contributed by atoms with E-state index < -0.39 is 0 Å². The Morgan fingerprint density at radius 3 is 2.67 bits per heavy atom. The first-order valence-corrected chi connectivity index (χ1v) is 6.63. The van der Waals surface area contributed by atoms with Crippen LogP contribution in [0, 0.1) is 0 Å². The molecule has 1 aromatic rings. The molecule has 100 valence electrons. The van der Waals surface area contributed by atoms with Crippen molar-refractivity contribution in [2.45, 2.75) is 51.5 Å². The first kappa shape index (κ1) is 13.6. The maximum absolute atomic E-state index is 6.13. The van der Waals surface area contributed by atoms with Crippen molar-refractivity contribution in [3.05, 3.63) is 22.8 Å². The van der Waals surface area contributed by atoms with Crippen LogP contribution in [-0.2, 0) is 11.3 Å². The van der Waals surface area contributed by atoms with Crippen LogP contribution in [0.5, 0.6) is 5.88 Å². The van der Waals surface area contributed by atoms with Crippen LogP contribution in [-0.4, -0.2) is 23.3 Å². The number of rotatable bonds is 3. The van der Waals surface area contributed by atoms with E-state index in [0.717, 1.165) is 18.4 Å². The van der Waals surface area contributed by atoms with Gasteiger partial charge in [0.1, 0.15) is 11.1 Å². The van der Waals surface area contributed by atoms with Gasteiger partial charge in [0.05, 0.1) is 12.2 Å². The smallest absolute Gasteiger partial charge is 0.232 e. The van der Waals surface area contributed by atoms with Crippen molar-refractivity contribution in [1.82, 2.24) is 4.98 Å². The van der Waals surface area contributed by atoms with Crippen molar-refractivity contribution >= 4 is 11.6 Å². The Morgan fingerprint density at radius 2 is 2.11 bits per heavy atom. The molecule has 0 spiro atoms.